The van der Waals surface area contributed by atoms with E-state index in [9.17, 15) is 9.90 Å². The summed E-state index contributed by atoms with van der Waals surface area (Å²) in [5.41, 5.74) is 1.71. The smallest absolute Gasteiger partial charge is 0.315 e. The topological polar surface area (TPSA) is 92.3 Å². The van der Waals surface area contributed by atoms with Crippen LogP contribution >= 0.6 is 0 Å². The van der Waals surface area contributed by atoms with Crippen molar-refractivity contribution in [1.82, 2.24) is 20.4 Å². The van der Waals surface area contributed by atoms with Crippen molar-refractivity contribution in [2.75, 3.05) is 6.54 Å². The van der Waals surface area contributed by atoms with Crippen molar-refractivity contribution in [3.05, 3.63) is 41.1 Å². The second-order valence-electron chi connectivity index (χ2n) is 6.25. The molecule has 24 heavy (non-hydrogen) atoms. The molecule has 0 aromatic carbocycles. The summed E-state index contributed by atoms with van der Waals surface area (Å²) >= 11 is 0. The Morgan fingerprint density at radius 2 is 2.21 bits per heavy atom. The third kappa shape index (κ3) is 3.79. The van der Waals surface area contributed by atoms with Crippen LogP contribution in [-0.4, -0.2) is 27.5 Å². The predicted molar refractivity (Wildman–Crippen MR) is 90.5 cm³/mol. The Morgan fingerprint density at radius 1 is 1.50 bits per heavy atom. The maximum absolute atomic E-state index is 12.2. The van der Waals surface area contributed by atoms with E-state index in [1.54, 1.807) is 19.1 Å². The Labute approximate surface area is 142 Å². The largest absolute Gasteiger partial charge is 0.466 e. The van der Waals surface area contributed by atoms with Crippen LogP contribution in [0.4, 0.5) is 4.79 Å². The van der Waals surface area contributed by atoms with Crippen molar-refractivity contribution < 1.29 is 14.3 Å². The highest BCUT2D eigenvalue weighted by Crippen LogP contribution is 2.24. The predicted octanol–water partition coefficient (Wildman–Crippen LogP) is 2.29. The summed E-state index contributed by atoms with van der Waals surface area (Å²) in [6.07, 6.45) is 2.24. The van der Waals surface area contributed by atoms with Gasteiger partial charge in [-0.3, -0.25) is 4.68 Å². The molecule has 0 unspecified atom stereocenters. The van der Waals surface area contributed by atoms with E-state index in [2.05, 4.69) is 15.7 Å². The standard InChI is InChI=1S/C17H26N4O3/c1-6-13(15-11(2)20-21(5)12(15)3)19-16(22)18-10-17(4,23)14-8-7-9-24-14/h7-9,13,23H,6,10H2,1-5H3,(H2,18,19,22)/t13-,17+/m1/s1. The van der Waals surface area contributed by atoms with Crippen molar-refractivity contribution in [2.45, 2.75) is 45.8 Å². The Bertz CT molecular complexity index is 689. The van der Waals surface area contributed by atoms with Crippen molar-refractivity contribution in [3.63, 3.8) is 0 Å². The lowest BCUT2D eigenvalue weighted by atomic mass is 10.0. The minimum absolute atomic E-state index is 0.0494. The van der Waals surface area contributed by atoms with Crippen molar-refractivity contribution >= 4 is 6.03 Å². The minimum Gasteiger partial charge on any atom is -0.466 e. The van der Waals surface area contributed by atoms with Crippen molar-refractivity contribution in [2.24, 2.45) is 7.05 Å². The van der Waals surface area contributed by atoms with E-state index in [1.807, 2.05) is 32.5 Å². The van der Waals surface area contributed by atoms with Gasteiger partial charge < -0.3 is 20.2 Å². The van der Waals surface area contributed by atoms with Gasteiger partial charge in [0.25, 0.3) is 0 Å². The summed E-state index contributed by atoms with van der Waals surface area (Å²) in [5, 5.41) is 20.4. The van der Waals surface area contributed by atoms with Crippen LogP contribution in [0.5, 0.6) is 0 Å². The lowest BCUT2D eigenvalue weighted by Gasteiger charge is -2.23. The summed E-state index contributed by atoms with van der Waals surface area (Å²) in [6.45, 7) is 7.58. The third-order valence-corrected chi connectivity index (χ3v) is 4.27. The van der Waals surface area contributed by atoms with Crippen LogP contribution in [-0.2, 0) is 12.6 Å². The molecule has 0 saturated carbocycles. The van der Waals surface area contributed by atoms with E-state index in [1.165, 1.54) is 6.26 Å². The molecule has 2 rings (SSSR count). The van der Waals surface area contributed by atoms with Gasteiger partial charge in [0.1, 0.15) is 11.4 Å². The van der Waals surface area contributed by atoms with E-state index >= 15 is 0 Å². The van der Waals surface area contributed by atoms with Gasteiger partial charge in [-0.2, -0.15) is 5.10 Å². The van der Waals surface area contributed by atoms with Gasteiger partial charge in [-0.25, -0.2) is 4.79 Å². The molecule has 7 nitrogen and oxygen atoms in total. The van der Waals surface area contributed by atoms with E-state index in [4.69, 9.17) is 4.42 Å². The summed E-state index contributed by atoms with van der Waals surface area (Å²) in [4.78, 5) is 12.2. The van der Waals surface area contributed by atoms with Crippen LogP contribution in [0.25, 0.3) is 0 Å². The molecule has 2 heterocycles. The number of aromatic nitrogens is 2. The first kappa shape index (κ1) is 18.1. The van der Waals surface area contributed by atoms with Crippen LogP contribution in [0, 0.1) is 13.8 Å². The first-order valence-electron chi connectivity index (χ1n) is 8.07. The fourth-order valence-electron chi connectivity index (χ4n) is 2.81. The number of nitrogens with zero attached hydrogens (tertiary/aromatic N) is 2. The summed E-state index contributed by atoms with van der Waals surface area (Å²) < 4.78 is 7.02. The number of aryl methyl sites for hydroxylation is 2. The molecule has 7 heteroatoms. The average Bonchev–Trinajstić information content (AvgIpc) is 3.14. The van der Waals surface area contributed by atoms with Gasteiger partial charge >= 0.3 is 6.03 Å². The first-order valence-corrected chi connectivity index (χ1v) is 8.07. The highest BCUT2D eigenvalue weighted by Gasteiger charge is 2.27. The highest BCUT2D eigenvalue weighted by molar-refractivity contribution is 5.74. The fraction of sp³-hybridized carbons (Fsp3) is 0.529. The fourth-order valence-corrected chi connectivity index (χ4v) is 2.81. The van der Waals surface area contributed by atoms with Gasteiger partial charge in [0, 0.05) is 18.3 Å². The molecule has 0 aliphatic carbocycles. The SMILES string of the molecule is CC[C@@H](NC(=O)NC[C@](C)(O)c1ccco1)c1c(C)nn(C)c1C. The van der Waals surface area contributed by atoms with E-state index in [-0.39, 0.29) is 18.6 Å². The molecule has 0 aliphatic heterocycles. The van der Waals surface area contributed by atoms with E-state index in [0.717, 1.165) is 23.4 Å². The molecule has 0 bridgehead atoms. The maximum Gasteiger partial charge on any atom is 0.315 e. The molecule has 3 N–H and O–H groups in total. The normalized spacial score (nSPS) is 14.9. The Hall–Kier alpha value is -2.28. The average molecular weight is 334 g/mol. The van der Waals surface area contributed by atoms with Gasteiger partial charge in [-0.1, -0.05) is 6.92 Å². The molecule has 2 amide bonds. The zero-order chi connectivity index (χ0) is 17.9. The second-order valence-corrected chi connectivity index (χ2v) is 6.25. The molecule has 2 atom stereocenters. The second kappa shape index (κ2) is 7.09. The minimum atomic E-state index is -1.26. The van der Waals surface area contributed by atoms with Crippen molar-refractivity contribution in [3.8, 4) is 0 Å². The molecule has 0 radical (unpaired) electrons. The number of carbonyl (C=O) groups is 1. The Kier molecular flexibility index (Phi) is 5.33. The number of furan rings is 1. The van der Waals surface area contributed by atoms with Gasteiger partial charge in [0.15, 0.2) is 0 Å². The van der Waals surface area contributed by atoms with Crippen LogP contribution in [0.1, 0.15) is 49.0 Å². The summed E-state index contributed by atoms with van der Waals surface area (Å²) in [7, 11) is 1.89. The van der Waals surface area contributed by atoms with Crippen LogP contribution < -0.4 is 10.6 Å². The van der Waals surface area contributed by atoms with Gasteiger partial charge in [-0.15, -0.1) is 0 Å². The van der Waals surface area contributed by atoms with Gasteiger partial charge in [0.05, 0.1) is 24.5 Å². The zero-order valence-corrected chi connectivity index (χ0v) is 14.9. The van der Waals surface area contributed by atoms with Crippen LogP contribution in [0.15, 0.2) is 22.8 Å². The zero-order valence-electron chi connectivity index (χ0n) is 14.9. The number of aliphatic hydroxyl groups is 1. The Morgan fingerprint density at radius 3 is 2.71 bits per heavy atom. The Balaban J connectivity index is 2.00. The maximum atomic E-state index is 12.2. The lowest BCUT2D eigenvalue weighted by molar-refractivity contribution is 0.0366. The first-order chi connectivity index (χ1) is 11.3. The number of carbonyl (C=O) groups excluding carboxylic acids is 1. The molecule has 0 fully saturated rings. The number of rotatable bonds is 6. The third-order valence-electron chi connectivity index (χ3n) is 4.27. The summed E-state index contributed by atoms with van der Waals surface area (Å²) in [5.74, 6) is 0.411. The monoisotopic (exact) mass is 334 g/mol. The van der Waals surface area contributed by atoms with Crippen molar-refractivity contribution in [1.29, 1.82) is 0 Å². The van der Waals surface area contributed by atoms with Gasteiger partial charge in [-0.05, 0) is 39.3 Å². The quantitative estimate of drug-likeness (QED) is 0.756. The molecule has 0 saturated heterocycles. The number of amides is 2. The number of urea groups is 1. The number of hydrogen-bond donors (Lipinski definition) is 3. The van der Waals surface area contributed by atoms with Gasteiger partial charge in [0.2, 0.25) is 0 Å². The van der Waals surface area contributed by atoms with E-state index in [0.29, 0.717) is 5.76 Å². The molecule has 0 spiro atoms. The van der Waals surface area contributed by atoms with Crippen LogP contribution in [0.3, 0.4) is 0 Å². The molecule has 132 valence electrons. The number of hydrogen-bond acceptors (Lipinski definition) is 4. The van der Waals surface area contributed by atoms with E-state index < -0.39 is 5.60 Å². The van der Waals surface area contributed by atoms with Crippen LogP contribution in [0.2, 0.25) is 0 Å². The molecule has 2 aromatic rings. The molecule has 2 aromatic heterocycles. The summed E-state index contributed by atoms with van der Waals surface area (Å²) in [6, 6.07) is 2.91. The number of nitrogens with one attached hydrogen (secondary N) is 2. The highest BCUT2D eigenvalue weighted by atomic mass is 16.4. The molecule has 0 aliphatic rings. The molecular formula is C17H26N4O3. The molecular weight excluding hydrogens is 308 g/mol. The lowest BCUT2D eigenvalue weighted by Crippen LogP contribution is -2.44.